The van der Waals surface area contributed by atoms with Gasteiger partial charge in [0.15, 0.2) is 0 Å². The first-order valence-electron chi connectivity index (χ1n) is 5.99. The van der Waals surface area contributed by atoms with Crippen LogP contribution in [0.15, 0.2) is 48.5 Å². The van der Waals surface area contributed by atoms with Gasteiger partial charge in [0.2, 0.25) is 0 Å². The number of rotatable bonds is 4. The van der Waals surface area contributed by atoms with Crippen molar-refractivity contribution in [2.45, 2.75) is 6.42 Å². The average Bonchev–Trinajstić information content (AvgIpc) is 2.39. The minimum Gasteiger partial charge on any atom is -0.345 e. The predicted molar refractivity (Wildman–Crippen MR) is 73.7 cm³/mol. The van der Waals surface area contributed by atoms with E-state index in [4.69, 9.17) is 5.73 Å². The molecular formula is C15H17FN2. The Morgan fingerprint density at radius 3 is 2.39 bits per heavy atom. The van der Waals surface area contributed by atoms with Crippen molar-refractivity contribution in [3.8, 4) is 0 Å². The van der Waals surface area contributed by atoms with Crippen molar-refractivity contribution in [1.82, 2.24) is 0 Å². The lowest BCUT2D eigenvalue weighted by molar-refractivity contribution is 0.628. The number of anilines is 2. The van der Waals surface area contributed by atoms with Crippen LogP contribution in [0.1, 0.15) is 5.56 Å². The zero-order valence-corrected chi connectivity index (χ0v) is 10.4. The maximum Gasteiger partial charge on any atom is 0.125 e. The standard InChI is InChI=1S/C15H17FN2/c1-18(15-4-2-3-13(16)11-15)14-7-5-12(6-8-14)9-10-17/h2-8,11H,9-10,17H2,1H3. The van der Waals surface area contributed by atoms with E-state index in [1.54, 1.807) is 6.07 Å². The molecule has 0 aliphatic rings. The van der Waals surface area contributed by atoms with Gasteiger partial charge in [-0.3, -0.25) is 0 Å². The van der Waals surface area contributed by atoms with Crippen LogP contribution in [0.2, 0.25) is 0 Å². The first kappa shape index (κ1) is 12.6. The third-order valence-electron chi connectivity index (χ3n) is 2.95. The fourth-order valence-corrected chi connectivity index (χ4v) is 1.89. The number of nitrogens with two attached hydrogens (primary N) is 1. The van der Waals surface area contributed by atoms with E-state index >= 15 is 0 Å². The molecule has 2 rings (SSSR count). The zero-order valence-electron chi connectivity index (χ0n) is 10.4. The Morgan fingerprint density at radius 2 is 1.78 bits per heavy atom. The summed E-state index contributed by atoms with van der Waals surface area (Å²) in [5.74, 6) is -0.223. The van der Waals surface area contributed by atoms with Gasteiger partial charge in [0.1, 0.15) is 5.82 Å². The topological polar surface area (TPSA) is 29.3 Å². The van der Waals surface area contributed by atoms with E-state index in [-0.39, 0.29) is 5.82 Å². The van der Waals surface area contributed by atoms with Gasteiger partial charge in [-0.15, -0.1) is 0 Å². The van der Waals surface area contributed by atoms with Crippen LogP contribution in [0.3, 0.4) is 0 Å². The second-order valence-corrected chi connectivity index (χ2v) is 4.24. The maximum atomic E-state index is 13.2. The fourth-order valence-electron chi connectivity index (χ4n) is 1.89. The minimum atomic E-state index is -0.223. The molecule has 0 aromatic heterocycles. The Bertz CT molecular complexity index is 508. The van der Waals surface area contributed by atoms with Crippen LogP contribution in [0.25, 0.3) is 0 Å². The van der Waals surface area contributed by atoms with Gasteiger partial charge in [0.25, 0.3) is 0 Å². The first-order valence-corrected chi connectivity index (χ1v) is 5.99. The van der Waals surface area contributed by atoms with Crippen molar-refractivity contribution in [3.05, 3.63) is 59.9 Å². The van der Waals surface area contributed by atoms with Gasteiger partial charge in [0, 0.05) is 18.4 Å². The van der Waals surface area contributed by atoms with Crippen LogP contribution in [-0.2, 0) is 6.42 Å². The molecule has 0 spiro atoms. The Kier molecular flexibility index (Phi) is 3.95. The van der Waals surface area contributed by atoms with E-state index in [0.29, 0.717) is 6.54 Å². The molecule has 18 heavy (non-hydrogen) atoms. The van der Waals surface area contributed by atoms with Gasteiger partial charge in [-0.25, -0.2) is 4.39 Å². The molecule has 0 aliphatic carbocycles. The van der Waals surface area contributed by atoms with Gasteiger partial charge in [-0.2, -0.15) is 0 Å². The van der Waals surface area contributed by atoms with Gasteiger partial charge in [-0.05, 0) is 48.9 Å². The van der Waals surface area contributed by atoms with E-state index in [2.05, 4.69) is 12.1 Å². The van der Waals surface area contributed by atoms with Crippen molar-refractivity contribution in [1.29, 1.82) is 0 Å². The number of halogens is 1. The highest BCUT2D eigenvalue weighted by molar-refractivity contribution is 5.62. The third-order valence-corrected chi connectivity index (χ3v) is 2.95. The monoisotopic (exact) mass is 244 g/mol. The zero-order chi connectivity index (χ0) is 13.0. The molecule has 94 valence electrons. The van der Waals surface area contributed by atoms with Crippen LogP contribution >= 0.6 is 0 Å². The number of hydrogen-bond donors (Lipinski definition) is 1. The lowest BCUT2D eigenvalue weighted by Crippen LogP contribution is -2.09. The lowest BCUT2D eigenvalue weighted by Gasteiger charge is -2.19. The van der Waals surface area contributed by atoms with Gasteiger partial charge >= 0.3 is 0 Å². The molecule has 3 heteroatoms. The van der Waals surface area contributed by atoms with Crippen LogP contribution < -0.4 is 10.6 Å². The van der Waals surface area contributed by atoms with E-state index in [0.717, 1.165) is 17.8 Å². The molecule has 0 amide bonds. The van der Waals surface area contributed by atoms with E-state index in [9.17, 15) is 4.39 Å². The van der Waals surface area contributed by atoms with Crippen LogP contribution in [-0.4, -0.2) is 13.6 Å². The summed E-state index contributed by atoms with van der Waals surface area (Å²) in [5, 5.41) is 0. The summed E-state index contributed by atoms with van der Waals surface area (Å²) < 4.78 is 13.2. The molecular weight excluding hydrogens is 227 g/mol. The molecule has 0 aliphatic heterocycles. The van der Waals surface area contributed by atoms with Gasteiger partial charge in [0.05, 0.1) is 0 Å². The van der Waals surface area contributed by atoms with Gasteiger partial charge in [-0.1, -0.05) is 18.2 Å². The largest absolute Gasteiger partial charge is 0.345 e. The van der Waals surface area contributed by atoms with Crippen LogP contribution in [0.4, 0.5) is 15.8 Å². The van der Waals surface area contributed by atoms with Crippen molar-refractivity contribution < 1.29 is 4.39 Å². The molecule has 0 fully saturated rings. The molecule has 0 saturated heterocycles. The summed E-state index contributed by atoms with van der Waals surface area (Å²) in [6.45, 7) is 0.652. The van der Waals surface area contributed by atoms with Gasteiger partial charge < -0.3 is 10.6 Å². The minimum absolute atomic E-state index is 0.223. The summed E-state index contributed by atoms with van der Waals surface area (Å²) in [7, 11) is 1.92. The summed E-state index contributed by atoms with van der Waals surface area (Å²) in [4.78, 5) is 1.95. The SMILES string of the molecule is CN(c1ccc(CCN)cc1)c1cccc(F)c1. The molecule has 2 aromatic carbocycles. The predicted octanol–water partition coefficient (Wildman–Crippen LogP) is 3.09. The highest BCUT2D eigenvalue weighted by Gasteiger charge is 2.04. The molecule has 0 unspecified atom stereocenters. The summed E-state index contributed by atoms with van der Waals surface area (Å²) in [5.41, 5.74) is 8.59. The first-order chi connectivity index (χ1) is 8.70. The van der Waals surface area contributed by atoms with Crippen molar-refractivity contribution in [2.75, 3.05) is 18.5 Å². The lowest BCUT2D eigenvalue weighted by atomic mass is 10.1. The summed E-state index contributed by atoms with van der Waals surface area (Å²) in [6.07, 6.45) is 0.879. The second-order valence-electron chi connectivity index (χ2n) is 4.24. The molecule has 0 bridgehead atoms. The number of nitrogens with zero attached hydrogens (tertiary/aromatic N) is 1. The van der Waals surface area contributed by atoms with E-state index < -0.39 is 0 Å². The smallest absolute Gasteiger partial charge is 0.125 e. The molecule has 0 heterocycles. The molecule has 0 radical (unpaired) electrons. The Morgan fingerprint density at radius 1 is 1.06 bits per heavy atom. The molecule has 0 atom stereocenters. The second kappa shape index (κ2) is 5.65. The summed E-state index contributed by atoms with van der Waals surface area (Å²) in [6, 6.07) is 14.7. The van der Waals surface area contributed by atoms with Crippen molar-refractivity contribution in [3.63, 3.8) is 0 Å². The van der Waals surface area contributed by atoms with E-state index in [1.165, 1.54) is 17.7 Å². The Hall–Kier alpha value is -1.87. The van der Waals surface area contributed by atoms with Crippen molar-refractivity contribution in [2.24, 2.45) is 5.73 Å². The third kappa shape index (κ3) is 2.87. The Balaban J connectivity index is 2.20. The highest BCUT2D eigenvalue weighted by atomic mass is 19.1. The quantitative estimate of drug-likeness (QED) is 0.895. The molecule has 2 nitrogen and oxygen atoms in total. The molecule has 2 aromatic rings. The van der Waals surface area contributed by atoms with E-state index in [1.807, 2.05) is 30.1 Å². The molecule has 2 N–H and O–H groups in total. The molecule has 0 saturated carbocycles. The number of hydrogen-bond acceptors (Lipinski definition) is 2. The number of benzene rings is 2. The normalized spacial score (nSPS) is 10.4. The van der Waals surface area contributed by atoms with Crippen molar-refractivity contribution >= 4 is 11.4 Å². The van der Waals surface area contributed by atoms with Crippen LogP contribution in [0, 0.1) is 5.82 Å². The highest BCUT2D eigenvalue weighted by Crippen LogP contribution is 2.24. The Labute approximate surface area is 107 Å². The maximum absolute atomic E-state index is 13.2. The average molecular weight is 244 g/mol. The fraction of sp³-hybridized carbons (Fsp3) is 0.200. The van der Waals surface area contributed by atoms with Crippen LogP contribution in [0.5, 0.6) is 0 Å². The summed E-state index contributed by atoms with van der Waals surface area (Å²) >= 11 is 0.